The summed E-state index contributed by atoms with van der Waals surface area (Å²) in [5.74, 6) is -0.836. The van der Waals surface area contributed by atoms with Crippen LogP contribution in [0.5, 0.6) is 5.75 Å². The van der Waals surface area contributed by atoms with Gasteiger partial charge in [0.25, 0.3) is 11.8 Å². The quantitative estimate of drug-likeness (QED) is 0.851. The predicted octanol–water partition coefficient (Wildman–Crippen LogP) is 2.71. The second-order valence-electron chi connectivity index (χ2n) is 5.62. The van der Waals surface area contributed by atoms with Gasteiger partial charge in [-0.3, -0.25) is 19.3 Å². The molecule has 3 amide bonds. The Balaban J connectivity index is 1.80. The summed E-state index contributed by atoms with van der Waals surface area (Å²) in [6.07, 6.45) is 0. The third-order valence-electron chi connectivity index (χ3n) is 4.04. The number of amides is 3. The number of para-hydroxylation sites is 2. The van der Waals surface area contributed by atoms with Crippen molar-refractivity contribution >= 4 is 23.4 Å². The van der Waals surface area contributed by atoms with Crippen LogP contribution in [0.4, 0.5) is 5.69 Å². The Labute approximate surface area is 145 Å². The molecule has 1 N–H and O–H groups in total. The van der Waals surface area contributed by atoms with Crippen molar-refractivity contribution < 1.29 is 19.1 Å². The van der Waals surface area contributed by atoms with E-state index in [0.29, 0.717) is 29.2 Å². The minimum atomic E-state index is -0.943. The lowest BCUT2D eigenvalue weighted by Crippen LogP contribution is -2.45. The van der Waals surface area contributed by atoms with Crippen molar-refractivity contribution in [1.29, 1.82) is 0 Å². The largest absolute Gasteiger partial charge is 0.492 e. The van der Waals surface area contributed by atoms with Gasteiger partial charge in [0, 0.05) is 0 Å². The van der Waals surface area contributed by atoms with Crippen LogP contribution in [0.25, 0.3) is 0 Å². The van der Waals surface area contributed by atoms with Crippen molar-refractivity contribution in [3.63, 3.8) is 0 Å². The molecule has 2 aromatic carbocycles. The van der Waals surface area contributed by atoms with Gasteiger partial charge in [-0.05, 0) is 38.1 Å². The molecule has 1 atom stereocenters. The van der Waals surface area contributed by atoms with Gasteiger partial charge in [0.1, 0.15) is 11.8 Å². The lowest BCUT2D eigenvalue weighted by atomic mass is 10.1. The van der Waals surface area contributed by atoms with Crippen LogP contribution in [0.15, 0.2) is 48.5 Å². The zero-order valence-corrected chi connectivity index (χ0v) is 14.0. The third kappa shape index (κ3) is 2.98. The van der Waals surface area contributed by atoms with Gasteiger partial charge in [0.2, 0.25) is 5.91 Å². The monoisotopic (exact) mass is 338 g/mol. The number of benzene rings is 2. The van der Waals surface area contributed by atoms with Crippen molar-refractivity contribution in [3.8, 4) is 5.75 Å². The number of fused-ring (bicyclic) bond motifs is 1. The second-order valence-corrected chi connectivity index (χ2v) is 5.62. The van der Waals surface area contributed by atoms with Gasteiger partial charge in [-0.2, -0.15) is 0 Å². The van der Waals surface area contributed by atoms with E-state index in [0.717, 1.165) is 4.90 Å². The average molecular weight is 338 g/mol. The van der Waals surface area contributed by atoms with E-state index in [9.17, 15) is 14.4 Å². The van der Waals surface area contributed by atoms with Crippen LogP contribution in [0.3, 0.4) is 0 Å². The first kappa shape index (κ1) is 16.7. The zero-order valence-electron chi connectivity index (χ0n) is 14.0. The summed E-state index contributed by atoms with van der Waals surface area (Å²) in [6, 6.07) is 12.6. The Morgan fingerprint density at radius 3 is 2.20 bits per heavy atom. The van der Waals surface area contributed by atoms with E-state index in [-0.39, 0.29) is 0 Å². The molecule has 0 unspecified atom stereocenters. The molecule has 25 heavy (non-hydrogen) atoms. The standard InChI is InChI=1S/C19H18N2O4/c1-3-25-16-11-7-6-10-15(16)20-17(22)12(2)21-18(23)13-8-4-5-9-14(13)19(21)24/h4-12H,3H2,1-2H3,(H,20,22)/t12-/m0/s1. The molecular formula is C19H18N2O4. The van der Waals surface area contributed by atoms with Crippen molar-refractivity contribution in [2.45, 2.75) is 19.9 Å². The summed E-state index contributed by atoms with van der Waals surface area (Å²) in [7, 11) is 0. The molecule has 0 aromatic heterocycles. The number of ether oxygens (including phenoxy) is 1. The highest BCUT2D eigenvalue weighted by molar-refractivity contribution is 6.23. The molecule has 1 aliphatic rings. The Kier molecular flexibility index (Phi) is 4.52. The Morgan fingerprint density at radius 2 is 1.60 bits per heavy atom. The van der Waals surface area contributed by atoms with Crippen LogP contribution in [0, 0.1) is 0 Å². The predicted molar refractivity (Wildman–Crippen MR) is 92.6 cm³/mol. The summed E-state index contributed by atoms with van der Waals surface area (Å²) >= 11 is 0. The first-order chi connectivity index (χ1) is 12.0. The number of hydrogen-bond acceptors (Lipinski definition) is 4. The Morgan fingerprint density at radius 1 is 1.04 bits per heavy atom. The SMILES string of the molecule is CCOc1ccccc1NC(=O)[C@H](C)N1C(=O)c2ccccc2C1=O. The summed E-state index contributed by atoms with van der Waals surface area (Å²) < 4.78 is 5.47. The molecule has 0 fully saturated rings. The fraction of sp³-hybridized carbons (Fsp3) is 0.211. The highest BCUT2D eigenvalue weighted by Crippen LogP contribution is 2.27. The molecule has 6 heteroatoms. The summed E-state index contributed by atoms with van der Waals surface area (Å²) in [4.78, 5) is 38.5. The van der Waals surface area contributed by atoms with Gasteiger partial charge >= 0.3 is 0 Å². The molecule has 0 radical (unpaired) electrons. The number of nitrogens with one attached hydrogen (secondary N) is 1. The fourth-order valence-electron chi connectivity index (χ4n) is 2.77. The number of imide groups is 1. The molecule has 3 rings (SSSR count). The van der Waals surface area contributed by atoms with Crippen LogP contribution in [0.2, 0.25) is 0 Å². The molecule has 1 heterocycles. The van der Waals surface area contributed by atoms with E-state index in [1.807, 2.05) is 6.92 Å². The lowest BCUT2D eigenvalue weighted by molar-refractivity contribution is -0.119. The number of nitrogens with zero attached hydrogens (tertiary/aromatic N) is 1. The molecular weight excluding hydrogens is 320 g/mol. The Bertz CT molecular complexity index is 812. The molecule has 0 spiro atoms. The first-order valence-electron chi connectivity index (χ1n) is 8.04. The normalized spacial score (nSPS) is 14.2. The van der Waals surface area contributed by atoms with Crippen LogP contribution >= 0.6 is 0 Å². The van der Waals surface area contributed by atoms with Gasteiger partial charge in [-0.25, -0.2) is 0 Å². The van der Waals surface area contributed by atoms with Gasteiger partial charge in [0.05, 0.1) is 23.4 Å². The molecule has 128 valence electrons. The molecule has 2 aromatic rings. The van der Waals surface area contributed by atoms with Crippen LogP contribution < -0.4 is 10.1 Å². The van der Waals surface area contributed by atoms with Crippen LogP contribution in [-0.2, 0) is 4.79 Å². The highest BCUT2D eigenvalue weighted by Gasteiger charge is 2.40. The molecule has 6 nitrogen and oxygen atoms in total. The lowest BCUT2D eigenvalue weighted by Gasteiger charge is -2.22. The smallest absolute Gasteiger partial charge is 0.262 e. The van der Waals surface area contributed by atoms with E-state index in [1.165, 1.54) is 6.92 Å². The second kappa shape index (κ2) is 6.76. The maximum atomic E-state index is 12.6. The van der Waals surface area contributed by atoms with E-state index in [4.69, 9.17) is 4.74 Å². The average Bonchev–Trinajstić information content (AvgIpc) is 2.87. The molecule has 0 aliphatic carbocycles. The fourth-order valence-corrected chi connectivity index (χ4v) is 2.77. The molecule has 1 aliphatic heterocycles. The number of hydrogen-bond donors (Lipinski definition) is 1. The highest BCUT2D eigenvalue weighted by atomic mass is 16.5. The van der Waals surface area contributed by atoms with E-state index in [1.54, 1.807) is 48.5 Å². The van der Waals surface area contributed by atoms with Crippen LogP contribution in [-0.4, -0.2) is 35.3 Å². The van der Waals surface area contributed by atoms with Crippen molar-refractivity contribution in [2.24, 2.45) is 0 Å². The maximum absolute atomic E-state index is 12.6. The number of rotatable bonds is 5. The maximum Gasteiger partial charge on any atom is 0.262 e. The summed E-state index contributed by atoms with van der Waals surface area (Å²) in [5.41, 5.74) is 1.14. The van der Waals surface area contributed by atoms with Gasteiger partial charge in [-0.15, -0.1) is 0 Å². The summed E-state index contributed by atoms with van der Waals surface area (Å²) in [5, 5.41) is 2.73. The van der Waals surface area contributed by atoms with Gasteiger partial charge < -0.3 is 10.1 Å². The topological polar surface area (TPSA) is 75.7 Å². The van der Waals surface area contributed by atoms with Crippen molar-refractivity contribution in [2.75, 3.05) is 11.9 Å². The number of carbonyl (C=O) groups is 3. The van der Waals surface area contributed by atoms with E-state index in [2.05, 4.69) is 5.32 Å². The third-order valence-corrected chi connectivity index (χ3v) is 4.04. The summed E-state index contributed by atoms with van der Waals surface area (Å²) in [6.45, 7) is 3.83. The number of anilines is 1. The van der Waals surface area contributed by atoms with E-state index >= 15 is 0 Å². The zero-order chi connectivity index (χ0) is 18.0. The van der Waals surface area contributed by atoms with Crippen molar-refractivity contribution in [1.82, 2.24) is 4.90 Å². The minimum Gasteiger partial charge on any atom is -0.492 e. The first-order valence-corrected chi connectivity index (χ1v) is 8.04. The minimum absolute atomic E-state index is 0.321. The molecule has 0 bridgehead atoms. The van der Waals surface area contributed by atoms with Crippen LogP contribution in [0.1, 0.15) is 34.6 Å². The van der Waals surface area contributed by atoms with Gasteiger partial charge in [0.15, 0.2) is 0 Å². The molecule has 0 saturated heterocycles. The number of carbonyl (C=O) groups excluding carboxylic acids is 3. The Hall–Kier alpha value is -3.15. The van der Waals surface area contributed by atoms with Crippen molar-refractivity contribution in [3.05, 3.63) is 59.7 Å². The van der Waals surface area contributed by atoms with E-state index < -0.39 is 23.8 Å². The molecule has 0 saturated carbocycles. The van der Waals surface area contributed by atoms with Gasteiger partial charge in [-0.1, -0.05) is 24.3 Å².